The van der Waals surface area contributed by atoms with Gasteiger partial charge in [-0.25, -0.2) is 0 Å². The number of likely N-dealkylation sites (tertiary alicyclic amines) is 1. The summed E-state index contributed by atoms with van der Waals surface area (Å²) in [6.07, 6.45) is 7.03. The minimum atomic E-state index is 0.789. The molecule has 0 aliphatic carbocycles. The molecule has 0 saturated carbocycles. The molecule has 0 aromatic heterocycles. The molecule has 0 radical (unpaired) electrons. The third-order valence-corrected chi connectivity index (χ3v) is 3.77. The molecule has 0 aromatic carbocycles. The predicted octanol–water partition coefficient (Wildman–Crippen LogP) is 1.86. The van der Waals surface area contributed by atoms with E-state index in [0.29, 0.717) is 0 Å². The van der Waals surface area contributed by atoms with Crippen LogP contribution in [0.15, 0.2) is 0 Å². The molecule has 0 amide bonds. The fourth-order valence-corrected chi connectivity index (χ4v) is 2.64. The molecular formula is C12H24N2. The van der Waals surface area contributed by atoms with Gasteiger partial charge in [-0.3, -0.25) is 0 Å². The molecule has 2 nitrogen and oxygen atoms in total. The van der Waals surface area contributed by atoms with Crippen molar-refractivity contribution in [2.24, 2.45) is 5.92 Å². The van der Waals surface area contributed by atoms with Gasteiger partial charge >= 0.3 is 0 Å². The van der Waals surface area contributed by atoms with Crippen molar-refractivity contribution in [3.8, 4) is 0 Å². The Balaban J connectivity index is 1.68. The molecule has 0 spiro atoms. The van der Waals surface area contributed by atoms with Crippen molar-refractivity contribution in [3.05, 3.63) is 0 Å². The molecular weight excluding hydrogens is 172 g/mol. The molecule has 2 aliphatic heterocycles. The van der Waals surface area contributed by atoms with Crippen molar-refractivity contribution in [1.82, 2.24) is 10.2 Å². The maximum Gasteiger partial charge on any atom is 0.0195 e. The zero-order valence-corrected chi connectivity index (χ0v) is 9.47. The summed E-state index contributed by atoms with van der Waals surface area (Å²) in [5.41, 5.74) is 0. The predicted molar refractivity (Wildman–Crippen MR) is 60.5 cm³/mol. The Labute approximate surface area is 88.1 Å². The lowest BCUT2D eigenvalue weighted by Crippen LogP contribution is -2.45. The summed E-state index contributed by atoms with van der Waals surface area (Å²) in [5, 5.41) is 3.64. The Morgan fingerprint density at radius 3 is 2.57 bits per heavy atom. The van der Waals surface area contributed by atoms with Crippen molar-refractivity contribution in [3.63, 3.8) is 0 Å². The molecule has 2 aliphatic rings. The van der Waals surface area contributed by atoms with Gasteiger partial charge in [-0.1, -0.05) is 13.3 Å². The molecule has 1 atom stereocenters. The van der Waals surface area contributed by atoms with Crippen molar-refractivity contribution in [2.75, 3.05) is 26.2 Å². The smallest absolute Gasteiger partial charge is 0.0195 e. The molecule has 2 rings (SSSR count). The number of nitrogens with one attached hydrogen (secondary N) is 1. The molecule has 1 N–H and O–H groups in total. The van der Waals surface area contributed by atoms with Gasteiger partial charge in [-0.05, 0) is 51.2 Å². The minimum Gasteiger partial charge on any atom is -0.313 e. The first-order chi connectivity index (χ1) is 6.84. The van der Waals surface area contributed by atoms with Crippen molar-refractivity contribution in [2.45, 2.75) is 45.1 Å². The molecule has 0 bridgehead atoms. The highest BCUT2D eigenvalue weighted by Gasteiger charge is 2.20. The van der Waals surface area contributed by atoms with E-state index in [9.17, 15) is 0 Å². The van der Waals surface area contributed by atoms with E-state index in [2.05, 4.69) is 17.1 Å². The second-order valence-electron chi connectivity index (χ2n) is 5.13. The largest absolute Gasteiger partial charge is 0.313 e. The van der Waals surface area contributed by atoms with Gasteiger partial charge in [0, 0.05) is 12.6 Å². The fourth-order valence-electron chi connectivity index (χ4n) is 2.64. The van der Waals surface area contributed by atoms with E-state index in [1.54, 1.807) is 0 Å². The Kier molecular flexibility index (Phi) is 3.82. The van der Waals surface area contributed by atoms with E-state index in [0.717, 1.165) is 12.0 Å². The van der Waals surface area contributed by atoms with E-state index in [4.69, 9.17) is 0 Å². The van der Waals surface area contributed by atoms with Crippen LogP contribution in [0.1, 0.15) is 39.0 Å². The number of hydrogen-bond donors (Lipinski definition) is 1. The van der Waals surface area contributed by atoms with Crippen LogP contribution in [-0.4, -0.2) is 37.1 Å². The van der Waals surface area contributed by atoms with Crippen LogP contribution < -0.4 is 5.32 Å². The first-order valence-corrected chi connectivity index (χ1v) is 6.30. The van der Waals surface area contributed by atoms with Crippen LogP contribution in [0.5, 0.6) is 0 Å². The van der Waals surface area contributed by atoms with E-state index in [-0.39, 0.29) is 0 Å². The Hall–Kier alpha value is -0.0800. The minimum absolute atomic E-state index is 0.789. The highest BCUT2D eigenvalue weighted by atomic mass is 15.2. The quantitative estimate of drug-likeness (QED) is 0.725. The normalized spacial score (nSPS) is 31.9. The maximum absolute atomic E-state index is 3.64. The second-order valence-corrected chi connectivity index (χ2v) is 5.13. The first-order valence-electron chi connectivity index (χ1n) is 6.30. The zero-order chi connectivity index (χ0) is 9.80. The third-order valence-electron chi connectivity index (χ3n) is 3.77. The van der Waals surface area contributed by atoms with Crippen LogP contribution in [0.4, 0.5) is 0 Å². The zero-order valence-electron chi connectivity index (χ0n) is 9.47. The van der Waals surface area contributed by atoms with Gasteiger partial charge in [0.05, 0.1) is 0 Å². The van der Waals surface area contributed by atoms with Crippen LogP contribution in [0.2, 0.25) is 0 Å². The molecule has 2 saturated heterocycles. The van der Waals surface area contributed by atoms with E-state index in [1.807, 2.05) is 0 Å². The third kappa shape index (κ3) is 2.96. The standard InChI is InChI=1S/C12H24N2/c1-11-5-8-14(9-6-11)10-12-4-2-3-7-13-12/h11-13H,2-10H2,1H3. The number of hydrogen-bond acceptors (Lipinski definition) is 2. The van der Waals surface area contributed by atoms with Crippen LogP contribution >= 0.6 is 0 Å². The summed E-state index contributed by atoms with van der Waals surface area (Å²) in [7, 11) is 0. The summed E-state index contributed by atoms with van der Waals surface area (Å²) in [5.74, 6) is 0.963. The van der Waals surface area contributed by atoms with Gasteiger partial charge in [-0.2, -0.15) is 0 Å². The molecule has 2 heterocycles. The van der Waals surface area contributed by atoms with E-state index >= 15 is 0 Å². The summed E-state index contributed by atoms with van der Waals surface area (Å²) in [6.45, 7) is 7.59. The SMILES string of the molecule is CC1CCN(CC2CCCCN2)CC1. The van der Waals surface area contributed by atoms with Crippen LogP contribution in [0.3, 0.4) is 0 Å². The van der Waals surface area contributed by atoms with Gasteiger partial charge in [0.15, 0.2) is 0 Å². The average Bonchev–Trinajstić information content (AvgIpc) is 2.23. The molecule has 1 unspecified atom stereocenters. The fraction of sp³-hybridized carbons (Fsp3) is 1.00. The lowest BCUT2D eigenvalue weighted by Gasteiger charge is -2.34. The average molecular weight is 196 g/mol. The molecule has 82 valence electrons. The highest BCUT2D eigenvalue weighted by Crippen LogP contribution is 2.17. The van der Waals surface area contributed by atoms with Crippen LogP contribution in [-0.2, 0) is 0 Å². The van der Waals surface area contributed by atoms with Crippen LogP contribution in [0.25, 0.3) is 0 Å². The first kappa shape index (κ1) is 10.4. The number of piperidine rings is 2. The topological polar surface area (TPSA) is 15.3 Å². The highest BCUT2D eigenvalue weighted by molar-refractivity contribution is 4.78. The molecule has 2 fully saturated rings. The maximum atomic E-state index is 3.64. The van der Waals surface area contributed by atoms with Gasteiger partial charge in [0.1, 0.15) is 0 Å². The number of rotatable bonds is 2. The van der Waals surface area contributed by atoms with Gasteiger partial charge in [-0.15, -0.1) is 0 Å². The van der Waals surface area contributed by atoms with Crippen molar-refractivity contribution >= 4 is 0 Å². The second kappa shape index (κ2) is 5.13. The summed E-state index contributed by atoms with van der Waals surface area (Å²) in [4.78, 5) is 2.66. The Morgan fingerprint density at radius 1 is 1.14 bits per heavy atom. The molecule has 2 heteroatoms. The summed E-state index contributed by atoms with van der Waals surface area (Å²) in [6, 6.07) is 0.789. The molecule has 14 heavy (non-hydrogen) atoms. The van der Waals surface area contributed by atoms with Gasteiger partial charge in [0.25, 0.3) is 0 Å². The lowest BCUT2D eigenvalue weighted by atomic mass is 9.97. The summed E-state index contributed by atoms with van der Waals surface area (Å²) < 4.78 is 0. The van der Waals surface area contributed by atoms with Crippen molar-refractivity contribution in [1.29, 1.82) is 0 Å². The Bertz CT molecular complexity index is 156. The van der Waals surface area contributed by atoms with E-state index in [1.165, 1.54) is 58.3 Å². The number of nitrogens with zero attached hydrogens (tertiary/aromatic N) is 1. The van der Waals surface area contributed by atoms with E-state index < -0.39 is 0 Å². The summed E-state index contributed by atoms with van der Waals surface area (Å²) >= 11 is 0. The molecule has 0 aromatic rings. The lowest BCUT2D eigenvalue weighted by molar-refractivity contribution is 0.166. The van der Waals surface area contributed by atoms with Gasteiger partial charge < -0.3 is 10.2 Å². The Morgan fingerprint density at radius 2 is 1.93 bits per heavy atom. The monoisotopic (exact) mass is 196 g/mol. The van der Waals surface area contributed by atoms with Crippen LogP contribution in [0, 0.1) is 5.92 Å². The van der Waals surface area contributed by atoms with Gasteiger partial charge in [0.2, 0.25) is 0 Å². The van der Waals surface area contributed by atoms with Crippen molar-refractivity contribution < 1.29 is 0 Å².